The second-order valence-electron chi connectivity index (χ2n) is 6.00. The molecule has 21 heavy (non-hydrogen) atoms. The Morgan fingerprint density at radius 2 is 1.14 bits per heavy atom. The van der Waals surface area contributed by atoms with Gasteiger partial charge < -0.3 is 4.98 Å². The number of hydrogen-bond acceptors (Lipinski definition) is 2. The number of rotatable bonds is 0. The molecule has 0 unspecified atom stereocenters. The van der Waals surface area contributed by atoms with Crippen molar-refractivity contribution in [3.63, 3.8) is 0 Å². The lowest BCUT2D eigenvalue weighted by Crippen LogP contribution is -1.92. The molecule has 102 valence electrons. The summed E-state index contributed by atoms with van der Waals surface area (Å²) in [5.74, 6) is 0.481. The number of carbonyl (C=O) groups is 2. The number of aryl methyl sites for hydroxylation is 2. The minimum absolute atomic E-state index is 0.241. The Labute approximate surface area is 121 Å². The van der Waals surface area contributed by atoms with E-state index in [2.05, 4.69) is 4.98 Å². The van der Waals surface area contributed by atoms with E-state index in [4.69, 9.17) is 0 Å². The summed E-state index contributed by atoms with van der Waals surface area (Å²) in [5.41, 5.74) is 6.21. The third-order valence-corrected chi connectivity index (χ3v) is 4.95. The van der Waals surface area contributed by atoms with Crippen molar-refractivity contribution >= 4 is 33.4 Å². The molecule has 0 atom stereocenters. The molecule has 2 aromatic carbocycles. The van der Waals surface area contributed by atoms with Crippen LogP contribution in [0.15, 0.2) is 24.3 Å². The first-order chi connectivity index (χ1) is 10.2. The Hall–Kier alpha value is -2.42. The van der Waals surface area contributed by atoms with E-state index >= 15 is 0 Å². The molecule has 3 aromatic rings. The summed E-state index contributed by atoms with van der Waals surface area (Å²) in [7, 11) is 0. The van der Waals surface area contributed by atoms with Gasteiger partial charge in [0.2, 0.25) is 0 Å². The summed E-state index contributed by atoms with van der Waals surface area (Å²) in [4.78, 5) is 27.4. The molecule has 3 heteroatoms. The molecule has 0 fully saturated rings. The maximum absolute atomic E-state index is 12.0. The molecule has 0 bridgehead atoms. The minimum atomic E-state index is 0.241. The summed E-state index contributed by atoms with van der Waals surface area (Å²) in [6.45, 7) is 0. The lowest BCUT2D eigenvalue weighted by Gasteiger charge is -2.04. The zero-order chi connectivity index (χ0) is 14.1. The Balaban J connectivity index is 2.02. The second kappa shape index (κ2) is 3.61. The third-order valence-electron chi connectivity index (χ3n) is 4.95. The Morgan fingerprint density at radius 3 is 1.62 bits per heavy atom. The Kier molecular flexibility index (Phi) is 1.94. The van der Waals surface area contributed by atoms with Crippen molar-refractivity contribution in [2.24, 2.45) is 0 Å². The summed E-state index contributed by atoms with van der Waals surface area (Å²) in [6.07, 6.45) is 2.84. The van der Waals surface area contributed by atoms with Crippen molar-refractivity contribution in [1.29, 1.82) is 0 Å². The number of H-pyrrole nitrogens is 1. The SMILES string of the molecule is O=C1CCc2c1ccc1[nH]c3ccc4c(c3c21)CCC4=O. The number of nitrogens with one attached hydrogen (secondary N) is 1. The average molecular weight is 275 g/mol. The highest BCUT2D eigenvalue weighted by Crippen LogP contribution is 2.39. The lowest BCUT2D eigenvalue weighted by atomic mass is 9.98. The fourth-order valence-corrected chi connectivity index (χ4v) is 4.01. The smallest absolute Gasteiger partial charge is 0.163 e. The van der Waals surface area contributed by atoms with E-state index in [0.29, 0.717) is 12.8 Å². The summed E-state index contributed by atoms with van der Waals surface area (Å²) >= 11 is 0. The molecule has 3 nitrogen and oxygen atoms in total. The molecule has 1 aromatic heterocycles. The average Bonchev–Trinajstić information content (AvgIpc) is 3.14. The molecule has 0 saturated carbocycles. The second-order valence-corrected chi connectivity index (χ2v) is 6.00. The first-order valence-electron chi connectivity index (χ1n) is 7.39. The van der Waals surface area contributed by atoms with Crippen LogP contribution >= 0.6 is 0 Å². The molecule has 0 amide bonds. The first-order valence-corrected chi connectivity index (χ1v) is 7.39. The summed E-state index contributed by atoms with van der Waals surface area (Å²) in [6, 6.07) is 7.88. The van der Waals surface area contributed by atoms with Gasteiger partial charge >= 0.3 is 0 Å². The van der Waals surface area contributed by atoms with E-state index in [1.807, 2.05) is 24.3 Å². The van der Waals surface area contributed by atoms with Crippen LogP contribution in [0.3, 0.4) is 0 Å². The minimum Gasteiger partial charge on any atom is -0.354 e. The quantitative estimate of drug-likeness (QED) is 0.681. The number of carbonyl (C=O) groups excluding carboxylic acids is 2. The van der Waals surface area contributed by atoms with Crippen LogP contribution in [-0.4, -0.2) is 16.6 Å². The van der Waals surface area contributed by atoms with E-state index in [1.54, 1.807) is 0 Å². The normalized spacial score (nSPS) is 17.0. The van der Waals surface area contributed by atoms with Gasteiger partial charge in [0.05, 0.1) is 0 Å². The molecular formula is C18H13NO2. The summed E-state index contributed by atoms with van der Waals surface area (Å²) < 4.78 is 0. The van der Waals surface area contributed by atoms with E-state index in [0.717, 1.165) is 46.1 Å². The molecule has 0 saturated heterocycles. The lowest BCUT2D eigenvalue weighted by molar-refractivity contribution is 0.0986. The number of aromatic nitrogens is 1. The van der Waals surface area contributed by atoms with Crippen molar-refractivity contribution in [3.05, 3.63) is 46.5 Å². The molecule has 2 aliphatic carbocycles. The fraction of sp³-hybridized carbons (Fsp3) is 0.222. The molecule has 1 heterocycles. The van der Waals surface area contributed by atoms with Crippen LogP contribution in [0.1, 0.15) is 44.7 Å². The highest BCUT2D eigenvalue weighted by atomic mass is 16.1. The van der Waals surface area contributed by atoms with Gasteiger partial charge in [0.25, 0.3) is 0 Å². The van der Waals surface area contributed by atoms with Gasteiger partial charge in [-0.05, 0) is 48.2 Å². The zero-order valence-corrected chi connectivity index (χ0v) is 11.5. The summed E-state index contributed by atoms with van der Waals surface area (Å²) in [5, 5.41) is 2.33. The van der Waals surface area contributed by atoms with Crippen LogP contribution in [0.25, 0.3) is 21.8 Å². The van der Waals surface area contributed by atoms with Gasteiger partial charge in [-0.3, -0.25) is 9.59 Å². The van der Waals surface area contributed by atoms with E-state index < -0.39 is 0 Å². The van der Waals surface area contributed by atoms with Crippen molar-refractivity contribution in [2.75, 3.05) is 0 Å². The number of ketones is 2. The van der Waals surface area contributed by atoms with Gasteiger partial charge in [0.1, 0.15) is 0 Å². The molecule has 0 aliphatic heterocycles. The Bertz CT molecular complexity index is 900. The van der Waals surface area contributed by atoms with Crippen LogP contribution in [-0.2, 0) is 12.8 Å². The van der Waals surface area contributed by atoms with Crippen LogP contribution in [0.5, 0.6) is 0 Å². The Morgan fingerprint density at radius 1 is 0.667 bits per heavy atom. The monoisotopic (exact) mass is 275 g/mol. The first kappa shape index (κ1) is 11.3. The maximum atomic E-state index is 12.0. The number of benzene rings is 2. The van der Waals surface area contributed by atoms with Gasteiger partial charge in [0.15, 0.2) is 11.6 Å². The van der Waals surface area contributed by atoms with Gasteiger partial charge in [-0.2, -0.15) is 0 Å². The largest absolute Gasteiger partial charge is 0.354 e. The molecule has 1 N–H and O–H groups in total. The van der Waals surface area contributed by atoms with Gasteiger partial charge in [-0.15, -0.1) is 0 Å². The standard InChI is InChI=1S/C18H13NO2/c20-15-7-3-11-9(15)1-5-13-17(11)18-12-4-8-16(21)10(12)2-6-14(18)19-13/h1-2,5-6,19H,3-4,7-8H2. The van der Waals surface area contributed by atoms with Crippen LogP contribution in [0.4, 0.5) is 0 Å². The number of fused-ring (bicyclic) bond motifs is 7. The van der Waals surface area contributed by atoms with E-state index in [9.17, 15) is 9.59 Å². The molecule has 0 spiro atoms. The highest BCUT2D eigenvalue weighted by Gasteiger charge is 2.27. The van der Waals surface area contributed by atoms with Crippen molar-refractivity contribution in [2.45, 2.75) is 25.7 Å². The molecular weight excluding hydrogens is 262 g/mol. The maximum Gasteiger partial charge on any atom is 0.163 e. The third kappa shape index (κ3) is 1.29. The van der Waals surface area contributed by atoms with Gasteiger partial charge in [-0.25, -0.2) is 0 Å². The number of Topliss-reactive ketones (excluding diaryl/α,β-unsaturated/α-hetero) is 2. The van der Waals surface area contributed by atoms with Gasteiger partial charge in [-0.1, -0.05) is 0 Å². The molecule has 5 rings (SSSR count). The van der Waals surface area contributed by atoms with Crippen molar-refractivity contribution < 1.29 is 9.59 Å². The van der Waals surface area contributed by atoms with Crippen LogP contribution < -0.4 is 0 Å². The number of hydrogen-bond donors (Lipinski definition) is 1. The van der Waals surface area contributed by atoms with Crippen molar-refractivity contribution in [3.8, 4) is 0 Å². The fourth-order valence-electron chi connectivity index (χ4n) is 4.01. The van der Waals surface area contributed by atoms with Crippen LogP contribution in [0.2, 0.25) is 0 Å². The predicted molar refractivity (Wildman–Crippen MR) is 81.1 cm³/mol. The highest BCUT2D eigenvalue weighted by molar-refractivity contribution is 6.18. The van der Waals surface area contributed by atoms with Crippen molar-refractivity contribution in [1.82, 2.24) is 4.98 Å². The molecule has 2 aliphatic rings. The topological polar surface area (TPSA) is 49.9 Å². The predicted octanol–water partition coefficient (Wildman–Crippen LogP) is 3.58. The van der Waals surface area contributed by atoms with E-state index in [-0.39, 0.29) is 11.6 Å². The van der Waals surface area contributed by atoms with Crippen LogP contribution in [0, 0.1) is 0 Å². The number of aromatic amines is 1. The zero-order valence-electron chi connectivity index (χ0n) is 11.5. The molecule has 0 radical (unpaired) electrons. The van der Waals surface area contributed by atoms with Gasteiger partial charge in [0, 0.05) is 45.8 Å². The van der Waals surface area contributed by atoms with E-state index in [1.165, 1.54) is 10.8 Å².